The van der Waals surface area contributed by atoms with Gasteiger partial charge in [0.15, 0.2) is 0 Å². The number of rotatable bonds is 2. The lowest BCUT2D eigenvalue weighted by molar-refractivity contribution is -0.159. The molecular formula is C18H15F3N4O2S. The second kappa shape index (κ2) is 6.93. The average Bonchev–Trinajstić information content (AvgIpc) is 3.30. The summed E-state index contributed by atoms with van der Waals surface area (Å²) >= 11 is 1.27. The fourth-order valence-electron chi connectivity index (χ4n) is 3.11. The Kier molecular flexibility index (Phi) is 4.58. The molecule has 0 saturated heterocycles. The largest absolute Gasteiger partial charge is 0.471 e. The van der Waals surface area contributed by atoms with Crippen LogP contribution in [0.5, 0.6) is 0 Å². The maximum Gasteiger partial charge on any atom is 0.471 e. The van der Waals surface area contributed by atoms with E-state index >= 15 is 0 Å². The molecule has 1 N–H and O–H groups in total. The van der Waals surface area contributed by atoms with Gasteiger partial charge in [-0.05, 0) is 37.1 Å². The topological polar surface area (TPSA) is 71.3 Å². The highest BCUT2D eigenvalue weighted by atomic mass is 32.1. The summed E-state index contributed by atoms with van der Waals surface area (Å²) < 4.78 is 42.4. The minimum Gasteiger partial charge on any atom is -0.329 e. The summed E-state index contributed by atoms with van der Waals surface area (Å²) in [5.41, 5.74) is 1.68. The van der Waals surface area contributed by atoms with Crippen molar-refractivity contribution in [3.05, 3.63) is 52.7 Å². The number of carbonyl (C=O) groups excluding carboxylic acids is 1. The Morgan fingerprint density at radius 1 is 1.32 bits per heavy atom. The molecule has 4 rings (SSSR count). The van der Waals surface area contributed by atoms with Gasteiger partial charge in [0.05, 0.1) is 10.9 Å². The Labute approximate surface area is 162 Å². The molecule has 3 aromatic rings. The van der Waals surface area contributed by atoms with Gasteiger partial charge < -0.3 is 14.7 Å². The van der Waals surface area contributed by atoms with Crippen LogP contribution in [-0.2, 0) is 12.6 Å². The highest BCUT2D eigenvalue weighted by molar-refractivity contribution is 7.15. The smallest absolute Gasteiger partial charge is 0.329 e. The van der Waals surface area contributed by atoms with Crippen LogP contribution in [0.2, 0.25) is 0 Å². The second-order valence-corrected chi connectivity index (χ2v) is 7.42. The van der Waals surface area contributed by atoms with Gasteiger partial charge in [0.2, 0.25) is 5.82 Å². The van der Waals surface area contributed by atoms with Gasteiger partial charge in [-0.2, -0.15) is 18.2 Å². The van der Waals surface area contributed by atoms with Crippen molar-refractivity contribution in [2.24, 2.45) is 0 Å². The second-order valence-electron chi connectivity index (χ2n) is 6.34. The van der Waals surface area contributed by atoms with Crippen LogP contribution >= 0.6 is 11.3 Å². The maximum absolute atomic E-state index is 12.7. The van der Waals surface area contributed by atoms with E-state index in [4.69, 9.17) is 0 Å². The van der Waals surface area contributed by atoms with E-state index in [0.717, 1.165) is 10.4 Å². The lowest BCUT2D eigenvalue weighted by atomic mass is 10.0. The van der Waals surface area contributed by atoms with Gasteiger partial charge in [-0.3, -0.25) is 0 Å². The Balaban J connectivity index is 1.55. The van der Waals surface area contributed by atoms with Gasteiger partial charge in [0.1, 0.15) is 0 Å². The summed E-state index contributed by atoms with van der Waals surface area (Å²) in [6.07, 6.45) is -4.08. The zero-order valence-electron chi connectivity index (χ0n) is 14.7. The third-order valence-electron chi connectivity index (χ3n) is 4.49. The molecule has 3 heterocycles. The highest BCUT2D eigenvalue weighted by Crippen LogP contribution is 2.40. The summed E-state index contributed by atoms with van der Waals surface area (Å²) in [4.78, 5) is 19.2. The molecule has 1 aliphatic heterocycles. The van der Waals surface area contributed by atoms with E-state index in [9.17, 15) is 18.0 Å². The van der Waals surface area contributed by atoms with Crippen LogP contribution in [0.1, 0.15) is 29.3 Å². The summed E-state index contributed by atoms with van der Waals surface area (Å²) in [6, 6.07) is 10.5. The molecule has 146 valence electrons. The first-order valence-corrected chi connectivity index (χ1v) is 9.31. The van der Waals surface area contributed by atoms with Crippen LogP contribution in [0.25, 0.3) is 10.7 Å². The predicted octanol–water partition coefficient (Wildman–Crippen LogP) is 4.97. The van der Waals surface area contributed by atoms with Gasteiger partial charge in [0, 0.05) is 17.1 Å². The lowest BCUT2D eigenvalue weighted by Crippen LogP contribution is -2.40. The van der Waals surface area contributed by atoms with Crippen LogP contribution in [-0.4, -0.2) is 27.6 Å². The Morgan fingerprint density at radius 2 is 2.07 bits per heavy atom. The molecule has 10 heteroatoms. The average molecular weight is 408 g/mol. The van der Waals surface area contributed by atoms with E-state index in [2.05, 4.69) is 20.0 Å². The summed E-state index contributed by atoms with van der Waals surface area (Å²) in [6.45, 7) is 2.39. The van der Waals surface area contributed by atoms with Crippen LogP contribution in [0.15, 0.2) is 40.9 Å². The SMILES string of the molecule is CC1c2sc(-c3noc(C(F)(F)F)n3)cc2CCN1C(=O)Nc1ccccc1. The number of hydrogen-bond donors (Lipinski definition) is 1. The predicted molar refractivity (Wildman–Crippen MR) is 96.9 cm³/mol. The molecule has 0 saturated carbocycles. The molecule has 0 spiro atoms. The monoisotopic (exact) mass is 408 g/mol. The molecule has 2 aromatic heterocycles. The molecule has 0 aliphatic carbocycles. The molecule has 6 nitrogen and oxygen atoms in total. The fraction of sp³-hybridized carbons (Fsp3) is 0.278. The number of urea groups is 1. The molecule has 2 amide bonds. The molecule has 28 heavy (non-hydrogen) atoms. The number of anilines is 1. The quantitative estimate of drug-likeness (QED) is 0.650. The summed E-state index contributed by atoms with van der Waals surface area (Å²) in [5, 5.41) is 6.30. The molecule has 1 aromatic carbocycles. The van der Waals surface area contributed by atoms with Gasteiger partial charge in [0.25, 0.3) is 0 Å². The first kappa shape index (κ1) is 18.5. The van der Waals surface area contributed by atoms with Crippen molar-refractivity contribution in [1.29, 1.82) is 0 Å². The number of benzene rings is 1. The zero-order valence-corrected chi connectivity index (χ0v) is 15.5. The first-order chi connectivity index (χ1) is 13.3. The van der Waals surface area contributed by atoms with Crippen molar-refractivity contribution in [3.63, 3.8) is 0 Å². The molecule has 1 aliphatic rings. The number of fused-ring (bicyclic) bond motifs is 1. The number of nitrogens with one attached hydrogen (secondary N) is 1. The normalized spacial score (nSPS) is 16.7. The standard InChI is InChI=1S/C18H15F3N4O2S/c1-10-14-11(7-8-25(10)17(26)22-12-5-3-2-4-6-12)9-13(28-14)15-23-16(27-24-15)18(19,20)21/h2-6,9-10H,7-8H2,1H3,(H,22,26). The van der Waals surface area contributed by atoms with Crippen molar-refractivity contribution in [3.8, 4) is 10.7 Å². The van der Waals surface area contributed by atoms with E-state index in [1.807, 2.05) is 25.1 Å². The maximum atomic E-state index is 12.7. The lowest BCUT2D eigenvalue weighted by Gasteiger charge is -2.33. The van der Waals surface area contributed by atoms with E-state index < -0.39 is 12.1 Å². The third kappa shape index (κ3) is 3.47. The number of aromatic nitrogens is 2. The van der Waals surface area contributed by atoms with Gasteiger partial charge in [-0.15, -0.1) is 11.3 Å². The zero-order chi connectivity index (χ0) is 19.9. The number of para-hydroxylation sites is 1. The molecule has 0 radical (unpaired) electrons. The van der Waals surface area contributed by atoms with Crippen LogP contribution < -0.4 is 5.32 Å². The molecule has 0 bridgehead atoms. The Morgan fingerprint density at radius 3 is 2.75 bits per heavy atom. The van der Waals surface area contributed by atoms with Crippen molar-refractivity contribution in [2.75, 3.05) is 11.9 Å². The van der Waals surface area contributed by atoms with Crippen molar-refractivity contribution >= 4 is 23.1 Å². The van der Waals surface area contributed by atoms with Gasteiger partial charge in [-0.1, -0.05) is 23.4 Å². The highest BCUT2D eigenvalue weighted by Gasteiger charge is 2.39. The Bertz CT molecular complexity index is 1000. The van der Waals surface area contributed by atoms with E-state index in [1.165, 1.54) is 11.3 Å². The summed E-state index contributed by atoms with van der Waals surface area (Å²) in [5.74, 6) is -1.47. The molecule has 1 unspecified atom stereocenters. The van der Waals surface area contributed by atoms with E-state index in [-0.39, 0.29) is 17.9 Å². The van der Waals surface area contributed by atoms with Crippen molar-refractivity contribution in [2.45, 2.75) is 25.6 Å². The number of thiophene rings is 1. The first-order valence-electron chi connectivity index (χ1n) is 8.49. The number of nitrogens with zero attached hydrogens (tertiary/aromatic N) is 3. The minimum absolute atomic E-state index is 0.0980. The molecular weight excluding hydrogens is 393 g/mol. The summed E-state index contributed by atoms with van der Waals surface area (Å²) in [7, 11) is 0. The van der Waals surface area contributed by atoms with E-state index in [0.29, 0.717) is 23.5 Å². The van der Waals surface area contributed by atoms with Crippen molar-refractivity contribution < 1.29 is 22.5 Å². The van der Waals surface area contributed by atoms with Crippen molar-refractivity contribution in [1.82, 2.24) is 15.0 Å². The van der Waals surface area contributed by atoms with Gasteiger partial charge in [-0.25, -0.2) is 4.79 Å². The fourth-order valence-corrected chi connectivity index (χ4v) is 4.31. The van der Waals surface area contributed by atoms with E-state index in [1.54, 1.807) is 23.1 Å². The van der Waals surface area contributed by atoms with Crippen LogP contribution in [0.4, 0.5) is 23.7 Å². The third-order valence-corrected chi connectivity index (χ3v) is 5.83. The number of alkyl halides is 3. The number of amides is 2. The van der Waals surface area contributed by atoms with Gasteiger partial charge >= 0.3 is 18.1 Å². The molecule has 0 fully saturated rings. The van der Waals surface area contributed by atoms with Crippen LogP contribution in [0, 0.1) is 0 Å². The van der Waals surface area contributed by atoms with Crippen LogP contribution in [0.3, 0.4) is 0 Å². The number of halogens is 3. The minimum atomic E-state index is -4.68. The molecule has 1 atom stereocenters. The number of hydrogen-bond acceptors (Lipinski definition) is 5. The Hall–Kier alpha value is -2.88. The number of carbonyl (C=O) groups is 1.